The van der Waals surface area contributed by atoms with Gasteiger partial charge in [-0.2, -0.15) is 0 Å². The van der Waals surface area contributed by atoms with E-state index in [2.05, 4.69) is 5.32 Å². The Morgan fingerprint density at radius 2 is 2.14 bits per heavy atom. The zero-order valence-electron chi connectivity index (χ0n) is 10.7. The molecule has 2 N–H and O–H groups in total. The number of carbonyl (C=O) groups excluding carboxylic acids is 1. The van der Waals surface area contributed by atoms with Crippen molar-refractivity contribution in [1.29, 1.82) is 0 Å². The van der Waals surface area contributed by atoms with Gasteiger partial charge < -0.3 is 10.4 Å². The second-order valence-corrected chi connectivity index (χ2v) is 7.43. The minimum Gasteiger partial charge on any atom is -0.383 e. The Morgan fingerprint density at radius 3 is 2.95 bits per heavy atom. The zero-order chi connectivity index (χ0) is 14.6. The van der Waals surface area contributed by atoms with Crippen LogP contribution in [-0.4, -0.2) is 11.0 Å². The van der Waals surface area contributed by atoms with Gasteiger partial charge in [-0.25, -0.2) is 0 Å². The van der Waals surface area contributed by atoms with Crippen LogP contribution in [0.25, 0.3) is 9.40 Å². The molecule has 1 atom stereocenters. The maximum Gasteiger partial charge on any atom is 0.228 e. The average Bonchev–Trinajstić information content (AvgIpc) is 3.09. The minimum absolute atomic E-state index is 0.0376. The van der Waals surface area contributed by atoms with Crippen molar-refractivity contribution in [1.82, 2.24) is 0 Å². The van der Waals surface area contributed by atoms with E-state index < -0.39 is 6.10 Å². The first-order chi connectivity index (χ1) is 10.1. The number of nitrogens with one attached hydrogen (secondary N) is 1. The number of fused-ring (bicyclic) bond motifs is 2. The summed E-state index contributed by atoms with van der Waals surface area (Å²) in [6, 6.07) is 7.60. The Labute approximate surface area is 133 Å². The molecule has 1 aliphatic rings. The van der Waals surface area contributed by atoms with Gasteiger partial charge in [0.15, 0.2) is 0 Å². The van der Waals surface area contributed by atoms with Crippen LogP contribution < -0.4 is 5.32 Å². The highest BCUT2D eigenvalue weighted by Gasteiger charge is 2.23. The van der Waals surface area contributed by atoms with Crippen molar-refractivity contribution in [2.75, 3.05) is 5.32 Å². The maximum absolute atomic E-state index is 11.4. The first-order valence-electron chi connectivity index (χ1n) is 6.39. The van der Waals surface area contributed by atoms with Gasteiger partial charge in [0.2, 0.25) is 5.91 Å². The lowest BCUT2D eigenvalue weighted by molar-refractivity contribution is -0.115. The van der Waals surface area contributed by atoms with Crippen LogP contribution in [0, 0.1) is 0 Å². The molecule has 1 aromatic carbocycles. The number of aliphatic hydroxyl groups is 1. The van der Waals surface area contributed by atoms with Gasteiger partial charge in [-0.1, -0.05) is 11.6 Å². The van der Waals surface area contributed by atoms with Gasteiger partial charge in [-0.15, -0.1) is 22.7 Å². The molecule has 1 unspecified atom stereocenters. The summed E-state index contributed by atoms with van der Waals surface area (Å²) in [6.07, 6.45) is -0.422. The van der Waals surface area contributed by atoms with Gasteiger partial charge in [-0.05, 0) is 35.2 Å². The van der Waals surface area contributed by atoms with Gasteiger partial charge >= 0.3 is 0 Å². The fraction of sp³-hybridized carbons (Fsp3) is 0.133. The third kappa shape index (κ3) is 2.17. The number of anilines is 1. The molecule has 0 radical (unpaired) electrons. The number of benzene rings is 1. The van der Waals surface area contributed by atoms with Gasteiger partial charge in [0.1, 0.15) is 6.10 Å². The molecule has 21 heavy (non-hydrogen) atoms. The van der Waals surface area contributed by atoms with E-state index in [1.165, 1.54) is 9.40 Å². The number of aliphatic hydroxyl groups excluding tert-OH is 1. The summed E-state index contributed by atoms with van der Waals surface area (Å²) in [5.74, 6) is -0.0376. The Morgan fingerprint density at radius 1 is 1.29 bits per heavy atom. The fourth-order valence-electron chi connectivity index (χ4n) is 2.55. The molecule has 1 aliphatic heterocycles. The van der Waals surface area contributed by atoms with Crippen molar-refractivity contribution in [3.05, 3.63) is 50.7 Å². The summed E-state index contributed by atoms with van der Waals surface area (Å²) >= 11 is 9.49. The highest BCUT2D eigenvalue weighted by atomic mass is 35.5. The van der Waals surface area contributed by atoms with E-state index in [4.69, 9.17) is 11.6 Å². The van der Waals surface area contributed by atoms with Gasteiger partial charge in [0, 0.05) is 30.6 Å². The number of amides is 1. The molecule has 1 amide bonds. The normalized spacial score (nSPS) is 15.2. The summed E-state index contributed by atoms with van der Waals surface area (Å²) in [6.45, 7) is 0. The third-order valence-corrected chi connectivity index (χ3v) is 6.04. The molecule has 0 spiro atoms. The number of halogens is 1. The van der Waals surface area contributed by atoms with Gasteiger partial charge in [0.05, 0.1) is 6.42 Å². The Balaban J connectivity index is 1.77. The summed E-state index contributed by atoms with van der Waals surface area (Å²) in [4.78, 5) is 12.3. The van der Waals surface area contributed by atoms with E-state index in [9.17, 15) is 9.90 Å². The standard InChI is InChI=1S/C15H10ClNO2S2/c16-9-5-10-7(4-14(18)17-10)3-8(9)15(19)13-6-12-11(21-13)1-2-20-12/h1-3,5-6,15,19H,4H2,(H,17,18). The maximum atomic E-state index is 11.4. The van der Waals surface area contributed by atoms with Gasteiger partial charge in [-0.3, -0.25) is 4.79 Å². The summed E-state index contributed by atoms with van der Waals surface area (Å²) in [5, 5.41) is 15.9. The van der Waals surface area contributed by atoms with Crippen LogP contribution >= 0.6 is 34.3 Å². The minimum atomic E-state index is -0.761. The second-order valence-electron chi connectivity index (χ2n) is 4.96. The average molecular weight is 336 g/mol. The number of hydrogen-bond acceptors (Lipinski definition) is 4. The van der Waals surface area contributed by atoms with E-state index in [0.29, 0.717) is 17.0 Å². The molecule has 3 aromatic rings. The van der Waals surface area contributed by atoms with Crippen LogP contribution in [0.3, 0.4) is 0 Å². The van der Waals surface area contributed by atoms with E-state index in [1.807, 2.05) is 23.6 Å². The van der Waals surface area contributed by atoms with Crippen molar-refractivity contribution in [2.45, 2.75) is 12.5 Å². The Hall–Kier alpha value is -1.40. The van der Waals surface area contributed by atoms with E-state index >= 15 is 0 Å². The lowest BCUT2D eigenvalue weighted by atomic mass is 10.0. The molecule has 2 aromatic heterocycles. The molecule has 3 heterocycles. The van der Waals surface area contributed by atoms with Crippen molar-refractivity contribution >= 4 is 55.3 Å². The van der Waals surface area contributed by atoms with Crippen molar-refractivity contribution in [3.63, 3.8) is 0 Å². The first-order valence-corrected chi connectivity index (χ1v) is 8.46. The largest absolute Gasteiger partial charge is 0.383 e. The van der Waals surface area contributed by atoms with Crippen LogP contribution in [0.2, 0.25) is 5.02 Å². The second kappa shape index (κ2) is 4.81. The molecule has 6 heteroatoms. The van der Waals surface area contributed by atoms with E-state index in [0.717, 1.165) is 16.1 Å². The fourth-order valence-corrected chi connectivity index (χ4v) is 4.94. The molecule has 0 saturated heterocycles. The monoisotopic (exact) mass is 335 g/mol. The molecular formula is C15H10ClNO2S2. The molecule has 0 aliphatic carbocycles. The van der Waals surface area contributed by atoms with Gasteiger partial charge in [0.25, 0.3) is 0 Å². The number of hydrogen-bond donors (Lipinski definition) is 2. The van der Waals surface area contributed by atoms with Crippen molar-refractivity contribution in [3.8, 4) is 0 Å². The lowest BCUT2D eigenvalue weighted by Gasteiger charge is -2.12. The number of carbonyl (C=O) groups is 1. The Kier molecular flexibility index (Phi) is 3.04. The first kappa shape index (κ1) is 13.3. The topological polar surface area (TPSA) is 49.3 Å². The highest BCUT2D eigenvalue weighted by Crippen LogP contribution is 2.39. The Bertz CT molecular complexity index is 839. The van der Waals surface area contributed by atoms with Crippen LogP contribution in [-0.2, 0) is 11.2 Å². The summed E-state index contributed by atoms with van der Waals surface area (Å²) in [7, 11) is 0. The van der Waals surface area contributed by atoms with Crippen LogP contribution in [0.4, 0.5) is 5.69 Å². The molecule has 0 bridgehead atoms. The highest BCUT2D eigenvalue weighted by molar-refractivity contribution is 7.26. The predicted molar refractivity (Wildman–Crippen MR) is 87.5 cm³/mol. The quantitative estimate of drug-likeness (QED) is 0.737. The summed E-state index contributed by atoms with van der Waals surface area (Å²) in [5.41, 5.74) is 2.28. The summed E-state index contributed by atoms with van der Waals surface area (Å²) < 4.78 is 2.34. The molecule has 4 rings (SSSR count). The van der Waals surface area contributed by atoms with Crippen LogP contribution in [0.1, 0.15) is 22.1 Å². The van der Waals surface area contributed by atoms with E-state index in [1.54, 1.807) is 28.7 Å². The molecule has 0 saturated carbocycles. The van der Waals surface area contributed by atoms with E-state index in [-0.39, 0.29) is 5.91 Å². The SMILES string of the molecule is O=C1Cc2cc(C(O)c3cc4sccc4s3)c(Cl)cc2N1. The third-order valence-electron chi connectivity index (χ3n) is 3.57. The lowest BCUT2D eigenvalue weighted by Crippen LogP contribution is -2.03. The number of thiophene rings is 2. The molecule has 0 fully saturated rings. The molecule has 3 nitrogen and oxygen atoms in total. The van der Waals surface area contributed by atoms with Crippen molar-refractivity contribution < 1.29 is 9.90 Å². The van der Waals surface area contributed by atoms with Crippen molar-refractivity contribution in [2.24, 2.45) is 0 Å². The number of rotatable bonds is 2. The van der Waals surface area contributed by atoms with Crippen LogP contribution in [0.5, 0.6) is 0 Å². The molecule has 106 valence electrons. The smallest absolute Gasteiger partial charge is 0.228 e. The van der Waals surface area contributed by atoms with Crippen LogP contribution in [0.15, 0.2) is 29.6 Å². The predicted octanol–water partition coefficient (Wildman–Crippen LogP) is 4.19. The molecular weight excluding hydrogens is 326 g/mol. The zero-order valence-corrected chi connectivity index (χ0v) is 13.1.